The van der Waals surface area contributed by atoms with Crippen molar-refractivity contribution in [2.75, 3.05) is 11.5 Å². The summed E-state index contributed by atoms with van der Waals surface area (Å²) in [6, 6.07) is 43.3. The van der Waals surface area contributed by atoms with E-state index in [-0.39, 0.29) is 25.1 Å². The number of aromatic hydroxyl groups is 2. The molecule has 3 heterocycles. The van der Waals surface area contributed by atoms with Crippen molar-refractivity contribution in [1.29, 1.82) is 0 Å². The van der Waals surface area contributed by atoms with E-state index in [2.05, 4.69) is 172 Å². The van der Waals surface area contributed by atoms with E-state index in [1.165, 1.54) is 44.2 Å². The number of phenolic OH excluding ortho intramolecular Hbond substituents is 2. The summed E-state index contributed by atoms with van der Waals surface area (Å²) in [4.78, 5) is 0. The zero-order valence-electron chi connectivity index (χ0n) is 32.5. The van der Waals surface area contributed by atoms with Crippen LogP contribution in [0.4, 0.5) is 0 Å². The summed E-state index contributed by atoms with van der Waals surface area (Å²) < 4.78 is 4.56. The Hall–Kier alpha value is -3.90. The Morgan fingerprint density at radius 2 is 0.800 bits per heavy atom. The molecule has 7 heteroatoms. The van der Waals surface area contributed by atoms with Crippen LogP contribution in [0.15, 0.2) is 121 Å². The van der Waals surface area contributed by atoms with Gasteiger partial charge >= 0.3 is 338 Å². The van der Waals surface area contributed by atoms with Gasteiger partial charge in [-0.1, -0.05) is 0 Å². The van der Waals surface area contributed by atoms with Gasteiger partial charge in [0.2, 0.25) is 0 Å². The number of nitrogens with zero attached hydrogens (tertiary/aromatic N) is 2. The molecular weight excluding hydrogens is 792 g/mol. The van der Waals surface area contributed by atoms with Crippen LogP contribution in [0, 0.1) is 0 Å². The Kier molecular flexibility index (Phi) is 9.31. The van der Waals surface area contributed by atoms with Gasteiger partial charge in [0.15, 0.2) is 0 Å². The van der Waals surface area contributed by atoms with Gasteiger partial charge in [-0.25, -0.2) is 0 Å². The number of hydrogen-bond acceptors (Lipinski definition) is 2. The third kappa shape index (κ3) is 6.54. The van der Waals surface area contributed by atoms with Crippen LogP contribution in [0.25, 0.3) is 55.0 Å². The maximum atomic E-state index is 12.2. The molecule has 0 bridgehead atoms. The van der Waals surface area contributed by atoms with E-state index < -0.39 is 19.2 Å². The number of fused-ring (bicyclic) bond motifs is 6. The fourth-order valence-corrected chi connectivity index (χ4v) is 33.4. The first-order valence-corrected chi connectivity index (χ1v) is 28.3. The minimum absolute atomic E-state index is 0.0668. The van der Waals surface area contributed by atoms with Crippen LogP contribution < -0.4 is 0 Å². The fraction of sp³-hybridized carbons (Fsp3) is 0.250. The van der Waals surface area contributed by atoms with E-state index in [9.17, 15) is 10.2 Å². The Bertz CT molecular complexity index is 2610. The number of benzene rings is 6. The van der Waals surface area contributed by atoms with Crippen LogP contribution in [-0.4, -0.2) is 30.9 Å². The molecule has 0 spiro atoms. The minimum atomic E-state index is -0.844. The molecule has 0 radical (unpaired) electrons. The van der Waals surface area contributed by atoms with Crippen molar-refractivity contribution in [2.45, 2.75) is 63.9 Å². The molecule has 6 aromatic carbocycles. The number of rotatable bonds is 6. The summed E-state index contributed by atoms with van der Waals surface area (Å²) in [7, 11) is 0.577. The molecule has 8 aromatic rings. The van der Waals surface area contributed by atoms with E-state index in [4.69, 9.17) is 0 Å². The summed E-state index contributed by atoms with van der Waals surface area (Å²) in [5.74, 6) is 5.16. The standard InChI is InChI=1S/C48H48N2O2S2.Zr/c1-47(2,3)33-25-31(45(51)43(27-33)49-39-19-11-7-15-35(39)36-16-8-12-20-40(36)49)29-53-23-24-54-30-32-26-34(48(4,5)6)28-44(46(32)52)50-41-21-13-9-17-37(41)38-18-10-14-22-42(38)50;/h7-22,25-28,51-52H,23-24,29-30H2,1-6H3;. The summed E-state index contributed by atoms with van der Waals surface area (Å²) in [5.41, 5.74) is 10.8. The summed E-state index contributed by atoms with van der Waals surface area (Å²) in [5, 5.41) is 29.2. The number of para-hydroxylation sites is 4. The second kappa shape index (κ2) is 13.9. The number of hydrogen-bond donors (Lipinski definition) is 2. The van der Waals surface area contributed by atoms with Crippen LogP contribution in [-0.2, 0) is 41.5 Å². The molecule has 0 amide bonds. The molecule has 4 nitrogen and oxygen atoms in total. The Morgan fingerprint density at radius 1 is 0.491 bits per heavy atom. The van der Waals surface area contributed by atoms with Gasteiger partial charge in [-0.3, -0.25) is 0 Å². The fourth-order valence-electron chi connectivity index (χ4n) is 8.18. The monoisotopic (exact) mass is 838 g/mol. The molecule has 1 aliphatic heterocycles. The Morgan fingerprint density at radius 3 is 1.11 bits per heavy atom. The van der Waals surface area contributed by atoms with Crippen molar-refractivity contribution in [1.82, 2.24) is 9.13 Å². The van der Waals surface area contributed by atoms with Crippen LogP contribution in [0.2, 0.25) is 0 Å². The van der Waals surface area contributed by atoms with Crippen LogP contribution in [0.5, 0.6) is 11.5 Å². The second-order valence-corrected chi connectivity index (χ2v) is 33.2. The van der Waals surface area contributed by atoms with E-state index in [1.54, 1.807) is 0 Å². The van der Waals surface area contributed by atoms with E-state index >= 15 is 0 Å². The van der Waals surface area contributed by atoms with Crippen molar-refractivity contribution in [3.8, 4) is 22.9 Å². The molecular formula is C48H48N2O2S2Zr. The van der Waals surface area contributed by atoms with Crippen molar-refractivity contribution in [2.24, 2.45) is 0 Å². The SMILES string of the molecule is CC(C)(C)c1cc(C[S]2=[Zr]=[S](Cc3cc(C(C)(C)C)cc(-n4c5ccccc5c5ccccc54)c3O)CC2)c(O)c(-n2c3ccccc3c3ccccc32)c1. The van der Waals surface area contributed by atoms with Gasteiger partial charge in [-0.2, -0.15) is 0 Å². The number of aromatic nitrogens is 2. The predicted octanol–water partition coefficient (Wildman–Crippen LogP) is 13.1. The van der Waals surface area contributed by atoms with Gasteiger partial charge in [0.25, 0.3) is 0 Å². The molecule has 2 N–H and O–H groups in total. The van der Waals surface area contributed by atoms with Gasteiger partial charge in [0, 0.05) is 0 Å². The van der Waals surface area contributed by atoms with Crippen LogP contribution in [0.3, 0.4) is 0 Å². The van der Waals surface area contributed by atoms with Gasteiger partial charge in [-0.05, 0) is 0 Å². The van der Waals surface area contributed by atoms with Gasteiger partial charge in [0.05, 0.1) is 0 Å². The number of phenols is 2. The van der Waals surface area contributed by atoms with Gasteiger partial charge in [-0.15, -0.1) is 0 Å². The molecule has 2 unspecified atom stereocenters. The van der Waals surface area contributed by atoms with E-state index in [1.807, 2.05) is 0 Å². The molecule has 0 saturated carbocycles. The van der Waals surface area contributed by atoms with Crippen LogP contribution in [0.1, 0.15) is 63.8 Å². The second-order valence-electron chi connectivity index (χ2n) is 17.0. The molecule has 2 atom stereocenters. The van der Waals surface area contributed by atoms with Crippen molar-refractivity contribution in [3.63, 3.8) is 0 Å². The van der Waals surface area contributed by atoms with Gasteiger partial charge < -0.3 is 0 Å². The van der Waals surface area contributed by atoms with Crippen molar-refractivity contribution >= 4 is 57.9 Å². The molecule has 278 valence electrons. The topological polar surface area (TPSA) is 50.3 Å². The average Bonchev–Trinajstić information content (AvgIpc) is 3.85. The third-order valence-electron chi connectivity index (χ3n) is 11.2. The summed E-state index contributed by atoms with van der Waals surface area (Å²) in [6.45, 7) is 13.6. The maximum absolute atomic E-state index is 12.2. The first kappa shape index (κ1) is 36.7. The summed E-state index contributed by atoms with van der Waals surface area (Å²) >= 11 is -0.844. The Balaban J connectivity index is 1.14. The molecule has 0 fully saturated rings. The summed E-state index contributed by atoms with van der Waals surface area (Å²) in [6.07, 6.45) is 0. The van der Waals surface area contributed by atoms with E-state index in [0.29, 0.717) is 11.5 Å². The van der Waals surface area contributed by atoms with Crippen LogP contribution >= 0.6 is 14.2 Å². The predicted molar refractivity (Wildman–Crippen MR) is 235 cm³/mol. The first-order chi connectivity index (χ1) is 26.4. The first-order valence-electron chi connectivity index (χ1n) is 19.2. The van der Waals surface area contributed by atoms with Crippen molar-refractivity contribution < 1.29 is 29.4 Å². The molecule has 0 aliphatic carbocycles. The molecule has 1 aliphatic rings. The van der Waals surface area contributed by atoms with Crippen molar-refractivity contribution in [3.05, 3.63) is 144 Å². The van der Waals surface area contributed by atoms with E-state index in [0.717, 1.165) is 56.1 Å². The third-order valence-corrected chi connectivity index (χ3v) is 31.6. The molecule has 0 saturated heterocycles. The molecule has 2 aromatic heterocycles. The quantitative estimate of drug-likeness (QED) is 0.175. The normalized spacial score (nSPS) is 16.3. The average molecular weight is 840 g/mol. The van der Waals surface area contributed by atoms with Gasteiger partial charge in [0.1, 0.15) is 0 Å². The Labute approximate surface area is 335 Å². The zero-order chi connectivity index (χ0) is 38.2. The zero-order valence-corrected chi connectivity index (χ0v) is 36.6. The molecule has 55 heavy (non-hydrogen) atoms. The molecule has 9 rings (SSSR count).